The largest absolute Gasteiger partial charge is 0.392 e. The lowest BCUT2D eigenvalue weighted by molar-refractivity contribution is 0.0929. The zero-order chi connectivity index (χ0) is 8.10. The van der Waals surface area contributed by atoms with Gasteiger partial charge in [-0.15, -0.1) is 6.58 Å². The van der Waals surface area contributed by atoms with Crippen molar-refractivity contribution in [1.29, 1.82) is 0 Å². The van der Waals surface area contributed by atoms with Gasteiger partial charge in [0.05, 0.1) is 6.10 Å². The number of rotatable bonds is 3. The van der Waals surface area contributed by atoms with Crippen molar-refractivity contribution in [3.8, 4) is 0 Å². The minimum atomic E-state index is -0.135. The highest BCUT2D eigenvalue weighted by Gasteiger charge is 2.21. The van der Waals surface area contributed by atoms with Crippen LogP contribution in [-0.4, -0.2) is 23.8 Å². The molecular weight excluding hydrogens is 138 g/mol. The molecule has 0 heterocycles. The molecule has 0 radical (unpaired) electrons. The van der Waals surface area contributed by atoms with Gasteiger partial charge in [0.15, 0.2) is 0 Å². The zero-order valence-electron chi connectivity index (χ0n) is 6.92. The Balaban J connectivity index is 2.23. The molecule has 0 aliphatic heterocycles. The van der Waals surface area contributed by atoms with E-state index in [4.69, 9.17) is 0 Å². The molecule has 0 aromatic carbocycles. The van der Waals surface area contributed by atoms with E-state index in [1.165, 1.54) is 12.8 Å². The molecule has 0 saturated heterocycles. The van der Waals surface area contributed by atoms with Gasteiger partial charge in [0.25, 0.3) is 0 Å². The molecule has 2 N–H and O–H groups in total. The average molecular weight is 155 g/mol. The maximum absolute atomic E-state index is 9.50. The number of hydrogen-bond donors (Lipinski definition) is 2. The number of hydrogen-bond acceptors (Lipinski definition) is 2. The second-order valence-electron chi connectivity index (χ2n) is 3.16. The zero-order valence-corrected chi connectivity index (χ0v) is 6.92. The molecule has 0 aromatic heterocycles. The van der Waals surface area contributed by atoms with Gasteiger partial charge in [0.2, 0.25) is 0 Å². The lowest BCUT2D eigenvalue weighted by atomic mass is 9.93. The molecule has 1 saturated carbocycles. The monoisotopic (exact) mass is 155 g/mol. The molecule has 0 unspecified atom stereocenters. The van der Waals surface area contributed by atoms with Crippen LogP contribution in [0.5, 0.6) is 0 Å². The fourth-order valence-corrected chi connectivity index (χ4v) is 1.58. The number of aliphatic hydroxyl groups is 1. The van der Waals surface area contributed by atoms with Crippen LogP contribution in [0.3, 0.4) is 0 Å². The number of nitrogens with one attached hydrogen (secondary N) is 1. The molecule has 1 aliphatic rings. The van der Waals surface area contributed by atoms with Crippen LogP contribution >= 0.6 is 0 Å². The highest BCUT2D eigenvalue weighted by molar-refractivity contribution is 4.83. The van der Waals surface area contributed by atoms with Crippen LogP contribution < -0.4 is 5.32 Å². The lowest BCUT2D eigenvalue weighted by Crippen LogP contribution is -2.41. The van der Waals surface area contributed by atoms with Gasteiger partial charge in [-0.05, 0) is 12.8 Å². The minimum Gasteiger partial charge on any atom is -0.392 e. The van der Waals surface area contributed by atoms with E-state index in [2.05, 4.69) is 11.9 Å². The smallest absolute Gasteiger partial charge is 0.0693 e. The van der Waals surface area contributed by atoms with E-state index in [0.717, 1.165) is 19.4 Å². The molecule has 1 fully saturated rings. The highest BCUT2D eigenvalue weighted by atomic mass is 16.3. The lowest BCUT2D eigenvalue weighted by Gasteiger charge is -2.27. The third-order valence-electron chi connectivity index (χ3n) is 2.25. The van der Waals surface area contributed by atoms with Crippen LogP contribution in [0.15, 0.2) is 12.7 Å². The molecule has 1 rings (SSSR count). The summed E-state index contributed by atoms with van der Waals surface area (Å²) in [7, 11) is 0. The Labute approximate surface area is 68.3 Å². The van der Waals surface area contributed by atoms with Gasteiger partial charge in [-0.2, -0.15) is 0 Å². The highest BCUT2D eigenvalue weighted by Crippen LogP contribution is 2.17. The summed E-state index contributed by atoms with van der Waals surface area (Å²) >= 11 is 0. The summed E-state index contributed by atoms with van der Waals surface area (Å²) in [6, 6.07) is 0.307. The Hall–Kier alpha value is -0.340. The topological polar surface area (TPSA) is 32.3 Å². The van der Waals surface area contributed by atoms with E-state index in [9.17, 15) is 5.11 Å². The third-order valence-corrected chi connectivity index (χ3v) is 2.25. The van der Waals surface area contributed by atoms with Crippen LogP contribution in [0.2, 0.25) is 0 Å². The van der Waals surface area contributed by atoms with E-state index in [0.29, 0.717) is 6.04 Å². The van der Waals surface area contributed by atoms with E-state index in [1.807, 2.05) is 6.08 Å². The van der Waals surface area contributed by atoms with E-state index in [-0.39, 0.29) is 6.10 Å². The van der Waals surface area contributed by atoms with Gasteiger partial charge in [0, 0.05) is 12.6 Å². The molecule has 0 spiro atoms. The Kier molecular flexibility index (Phi) is 3.60. The summed E-state index contributed by atoms with van der Waals surface area (Å²) in [5.41, 5.74) is 0. The van der Waals surface area contributed by atoms with Gasteiger partial charge in [-0.3, -0.25) is 0 Å². The Bertz CT molecular complexity index is 125. The Morgan fingerprint density at radius 2 is 2.18 bits per heavy atom. The maximum Gasteiger partial charge on any atom is 0.0693 e. The fraction of sp³-hybridized carbons (Fsp3) is 0.778. The van der Waals surface area contributed by atoms with Crippen LogP contribution in [0.4, 0.5) is 0 Å². The summed E-state index contributed by atoms with van der Waals surface area (Å²) in [5.74, 6) is 0. The molecule has 0 amide bonds. The summed E-state index contributed by atoms with van der Waals surface area (Å²) in [6.45, 7) is 4.43. The molecule has 64 valence electrons. The molecular formula is C9H17NO. The average Bonchev–Trinajstić information content (AvgIpc) is 2.03. The molecule has 2 nitrogen and oxygen atoms in total. The van der Waals surface area contributed by atoms with Gasteiger partial charge >= 0.3 is 0 Å². The SMILES string of the molecule is C=CCN[C@@H]1CCCC[C@@H]1O. The quantitative estimate of drug-likeness (QED) is 0.597. The Morgan fingerprint density at radius 3 is 2.82 bits per heavy atom. The first-order valence-electron chi connectivity index (χ1n) is 4.37. The fourth-order valence-electron chi connectivity index (χ4n) is 1.58. The summed E-state index contributed by atoms with van der Waals surface area (Å²) < 4.78 is 0. The minimum absolute atomic E-state index is 0.135. The molecule has 0 aromatic rings. The third kappa shape index (κ3) is 2.64. The van der Waals surface area contributed by atoms with Crippen molar-refractivity contribution in [2.75, 3.05) is 6.54 Å². The van der Waals surface area contributed by atoms with Crippen molar-refractivity contribution in [1.82, 2.24) is 5.32 Å². The van der Waals surface area contributed by atoms with Gasteiger partial charge in [-0.1, -0.05) is 18.9 Å². The molecule has 0 bridgehead atoms. The Morgan fingerprint density at radius 1 is 1.45 bits per heavy atom. The first kappa shape index (κ1) is 8.75. The van der Waals surface area contributed by atoms with E-state index >= 15 is 0 Å². The van der Waals surface area contributed by atoms with Crippen LogP contribution in [0, 0.1) is 0 Å². The van der Waals surface area contributed by atoms with Crippen LogP contribution in [-0.2, 0) is 0 Å². The molecule has 2 atom stereocenters. The summed E-state index contributed by atoms with van der Waals surface area (Å²) in [4.78, 5) is 0. The predicted octanol–water partition coefficient (Wildman–Crippen LogP) is 1.07. The predicted molar refractivity (Wildman–Crippen MR) is 46.5 cm³/mol. The van der Waals surface area contributed by atoms with E-state index in [1.54, 1.807) is 0 Å². The van der Waals surface area contributed by atoms with Crippen molar-refractivity contribution in [3.05, 3.63) is 12.7 Å². The molecule has 2 heteroatoms. The second-order valence-corrected chi connectivity index (χ2v) is 3.16. The second kappa shape index (κ2) is 4.52. The van der Waals surface area contributed by atoms with Gasteiger partial charge in [0.1, 0.15) is 0 Å². The molecule has 11 heavy (non-hydrogen) atoms. The van der Waals surface area contributed by atoms with Crippen molar-refractivity contribution in [3.63, 3.8) is 0 Å². The summed E-state index contributed by atoms with van der Waals surface area (Å²) in [6.07, 6.45) is 6.17. The van der Waals surface area contributed by atoms with Crippen molar-refractivity contribution in [2.45, 2.75) is 37.8 Å². The van der Waals surface area contributed by atoms with Crippen LogP contribution in [0.1, 0.15) is 25.7 Å². The van der Waals surface area contributed by atoms with Crippen molar-refractivity contribution in [2.24, 2.45) is 0 Å². The van der Waals surface area contributed by atoms with Crippen molar-refractivity contribution < 1.29 is 5.11 Å². The standard InChI is InChI=1S/C9H17NO/c1-2-7-10-8-5-3-4-6-9(8)11/h2,8-11H,1,3-7H2/t8-,9+/m1/s1. The van der Waals surface area contributed by atoms with Gasteiger partial charge < -0.3 is 10.4 Å². The van der Waals surface area contributed by atoms with Crippen LogP contribution in [0.25, 0.3) is 0 Å². The van der Waals surface area contributed by atoms with Gasteiger partial charge in [-0.25, -0.2) is 0 Å². The number of aliphatic hydroxyl groups excluding tert-OH is 1. The summed E-state index contributed by atoms with van der Waals surface area (Å²) in [5, 5.41) is 12.8. The van der Waals surface area contributed by atoms with Crippen molar-refractivity contribution >= 4 is 0 Å². The maximum atomic E-state index is 9.50. The normalized spacial score (nSPS) is 31.7. The first-order chi connectivity index (χ1) is 5.34. The molecule has 1 aliphatic carbocycles. The van der Waals surface area contributed by atoms with E-state index < -0.39 is 0 Å². The first-order valence-corrected chi connectivity index (χ1v) is 4.37.